The molecule has 0 saturated heterocycles. The van der Waals surface area contributed by atoms with Crippen molar-refractivity contribution in [1.82, 2.24) is 0 Å². The van der Waals surface area contributed by atoms with Gasteiger partial charge in [0.1, 0.15) is 0 Å². The molecule has 0 aliphatic carbocycles. The van der Waals surface area contributed by atoms with Gasteiger partial charge in [-0.05, 0) is 5.56 Å². The van der Waals surface area contributed by atoms with Gasteiger partial charge in [0.2, 0.25) is 0 Å². The third-order valence-electron chi connectivity index (χ3n) is 2.58. The van der Waals surface area contributed by atoms with E-state index in [9.17, 15) is 9.00 Å². The first kappa shape index (κ1) is 13.6. The summed E-state index contributed by atoms with van der Waals surface area (Å²) < 4.78 is 24.6. The number of benzene rings is 2. The second-order valence-electron chi connectivity index (χ2n) is 3.83. The van der Waals surface area contributed by atoms with Gasteiger partial charge in [0, 0.05) is 5.56 Å². The summed E-state index contributed by atoms with van der Waals surface area (Å²) in [6, 6.07) is 17.2. The Labute approximate surface area is 113 Å². The number of carbonyl (C=O) groups is 1. The SMILES string of the molecule is O=C(c1ccccc1)C(OS(=O)O)c1ccccc1. The number of rotatable bonds is 5. The van der Waals surface area contributed by atoms with Crippen molar-refractivity contribution in [3.05, 3.63) is 71.8 Å². The standard InChI is InChI=1S/C14H12O4S/c15-13(11-7-3-1-4-8-11)14(18-19(16)17)12-9-5-2-6-10-12/h1-10,14H,(H,16,17). The fraction of sp³-hybridized carbons (Fsp3) is 0.0714. The predicted molar refractivity (Wildman–Crippen MR) is 71.8 cm³/mol. The molecule has 98 valence electrons. The van der Waals surface area contributed by atoms with E-state index in [0.29, 0.717) is 11.1 Å². The number of ketones is 1. The van der Waals surface area contributed by atoms with Crippen LogP contribution in [0, 0.1) is 0 Å². The van der Waals surface area contributed by atoms with E-state index in [4.69, 9.17) is 8.74 Å². The topological polar surface area (TPSA) is 63.6 Å². The summed E-state index contributed by atoms with van der Waals surface area (Å²) in [6.07, 6.45) is -1.09. The Kier molecular flexibility index (Phi) is 4.57. The molecule has 2 aromatic rings. The summed E-state index contributed by atoms with van der Waals surface area (Å²) in [6.45, 7) is 0. The lowest BCUT2D eigenvalue weighted by atomic mass is 10.0. The van der Waals surface area contributed by atoms with Crippen LogP contribution in [-0.2, 0) is 15.5 Å². The third kappa shape index (κ3) is 3.57. The van der Waals surface area contributed by atoms with Gasteiger partial charge in [-0.25, -0.2) is 0 Å². The molecular formula is C14H12O4S. The van der Waals surface area contributed by atoms with E-state index in [1.807, 2.05) is 0 Å². The van der Waals surface area contributed by atoms with Crippen LogP contribution in [0.4, 0.5) is 0 Å². The fourth-order valence-corrected chi connectivity index (χ4v) is 2.08. The number of hydrogen-bond donors (Lipinski definition) is 1. The number of Topliss-reactive ketones (excluding diaryl/α,β-unsaturated/α-hetero) is 1. The van der Waals surface area contributed by atoms with Crippen LogP contribution in [0.5, 0.6) is 0 Å². The van der Waals surface area contributed by atoms with Crippen LogP contribution in [0.3, 0.4) is 0 Å². The van der Waals surface area contributed by atoms with E-state index in [1.165, 1.54) is 0 Å². The molecule has 0 aromatic heterocycles. The maximum absolute atomic E-state index is 12.3. The van der Waals surface area contributed by atoms with Gasteiger partial charge in [-0.1, -0.05) is 60.7 Å². The zero-order valence-corrected chi connectivity index (χ0v) is 10.7. The molecule has 0 radical (unpaired) electrons. The Balaban J connectivity index is 2.33. The lowest BCUT2D eigenvalue weighted by molar-refractivity contribution is 0.0798. The lowest BCUT2D eigenvalue weighted by Gasteiger charge is -2.14. The van der Waals surface area contributed by atoms with Crippen molar-refractivity contribution in [3.8, 4) is 0 Å². The highest BCUT2D eigenvalue weighted by Crippen LogP contribution is 2.23. The summed E-state index contributed by atoms with van der Waals surface area (Å²) >= 11 is -2.51. The molecule has 0 amide bonds. The normalized spacial score (nSPS) is 13.7. The van der Waals surface area contributed by atoms with Crippen molar-refractivity contribution in [3.63, 3.8) is 0 Å². The average molecular weight is 276 g/mol. The highest BCUT2D eigenvalue weighted by atomic mass is 32.2. The summed E-state index contributed by atoms with van der Waals surface area (Å²) in [7, 11) is 0. The second-order valence-corrected chi connectivity index (χ2v) is 4.46. The molecule has 4 nitrogen and oxygen atoms in total. The molecule has 0 heterocycles. The number of hydrogen-bond acceptors (Lipinski definition) is 3. The largest absolute Gasteiger partial charge is 0.302 e. The van der Waals surface area contributed by atoms with Crippen LogP contribution in [0.2, 0.25) is 0 Å². The van der Waals surface area contributed by atoms with E-state index in [2.05, 4.69) is 0 Å². The van der Waals surface area contributed by atoms with E-state index in [1.54, 1.807) is 60.7 Å². The van der Waals surface area contributed by atoms with Gasteiger partial charge in [0.15, 0.2) is 11.9 Å². The third-order valence-corrected chi connectivity index (χ3v) is 2.93. The van der Waals surface area contributed by atoms with E-state index >= 15 is 0 Å². The molecule has 5 heteroatoms. The van der Waals surface area contributed by atoms with Crippen molar-refractivity contribution >= 4 is 17.1 Å². The zero-order valence-electron chi connectivity index (χ0n) is 9.93. The molecule has 0 aliphatic heterocycles. The van der Waals surface area contributed by atoms with Gasteiger partial charge >= 0.3 is 11.4 Å². The Morgan fingerprint density at radius 2 is 1.53 bits per heavy atom. The average Bonchev–Trinajstić information content (AvgIpc) is 2.46. The highest BCUT2D eigenvalue weighted by Gasteiger charge is 2.24. The van der Waals surface area contributed by atoms with E-state index < -0.39 is 17.5 Å². The molecule has 2 unspecified atom stereocenters. The van der Waals surface area contributed by atoms with E-state index in [0.717, 1.165) is 0 Å². The van der Waals surface area contributed by atoms with Gasteiger partial charge in [-0.15, -0.1) is 0 Å². The molecule has 2 rings (SSSR count). The van der Waals surface area contributed by atoms with Crippen LogP contribution in [-0.4, -0.2) is 14.5 Å². The Morgan fingerprint density at radius 1 is 1.00 bits per heavy atom. The fourth-order valence-electron chi connectivity index (χ4n) is 1.71. The Bertz CT molecular complexity index is 569. The molecule has 2 atom stereocenters. The quantitative estimate of drug-likeness (QED) is 0.673. The van der Waals surface area contributed by atoms with Crippen LogP contribution < -0.4 is 0 Å². The molecule has 1 N–H and O–H groups in total. The molecular weight excluding hydrogens is 264 g/mol. The molecule has 19 heavy (non-hydrogen) atoms. The first-order chi connectivity index (χ1) is 9.18. The minimum atomic E-state index is -2.51. The van der Waals surface area contributed by atoms with Crippen molar-refractivity contribution < 1.29 is 17.7 Å². The lowest BCUT2D eigenvalue weighted by Crippen LogP contribution is -2.17. The molecule has 0 aliphatic rings. The zero-order chi connectivity index (χ0) is 13.7. The van der Waals surface area contributed by atoms with Crippen LogP contribution in [0.15, 0.2) is 60.7 Å². The van der Waals surface area contributed by atoms with Crippen molar-refractivity contribution in [2.24, 2.45) is 0 Å². The minimum absolute atomic E-state index is 0.353. The van der Waals surface area contributed by atoms with Gasteiger partial charge in [-0.2, -0.15) is 4.21 Å². The molecule has 0 spiro atoms. The van der Waals surface area contributed by atoms with E-state index in [-0.39, 0.29) is 5.78 Å². The highest BCUT2D eigenvalue weighted by molar-refractivity contribution is 7.74. The van der Waals surface area contributed by atoms with Crippen LogP contribution in [0.1, 0.15) is 22.0 Å². The minimum Gasteiger partial charge on any atom is -0.291 e. The molecule has 2 aromatic carbocycles. The van der Waals surface area contributed by atoms with Gasteiger partial charge in [0.05, 0.1) is 0 Å². The van der Waals surface area contributed by atoms with Crippen LogP contribution >= 0.6 is 0 Å². The monoisotopic (exact) mass is 276 g/mol. The number of carbonyl (C=O) groups excluding carboxylic acids is 1. The summed E-state index contributed by atoms with van der Waals surface area (Å²) in [5, 5.41) is 0. The Morgan fingerprint density at radius 3 is 2.05 bits per heavy atom. The first-order valence-corrected chi connectivity index (χ1v) is 6.64. The smallest absolute Gasteiger partial charge is 0.291 e. The summed E-state index contributed by atoms with van der Waals surface area (Å²) in [5.74, 6) is -0.353. The Hall–Kier alpha value is -1.82. The van der Waals surface area contributed by atoms with Gasteiger partial charge in [0.25, 0.3) is 0 Å². The van der Waals surface area contributed by atoms with Gasteiger partial charge in [-0.3, -0.25) is 13.5 Å². The maximum atomic E-state index is 12.3. The van der Waals surface area contributed by atoms with Crippen molar-refractivity contribution in [2.75, 3.05) is 0 Å². The molecule has 0 saturated carbocycles. The summed E-state index contributed by atoms with van der Waals surface area (Å²) in [4.78, 5) is 12.3. The van der Waals surface area contributed by atoms with Crippen molar-refractivity contribution in [1.29, 1.82) is 0 Å². The molecule has 0 bridgehead atoms. The predicted octanol–water partition coefficient (Wildman–Crippen LogP) is 2.76. The van der Waals surface area contributed by atoms with Gasteiger partial charge < -0.3 is 0 Å². The van der Waals surface area contributed by atoms with Crippen LogP contribution in [0.25, 0.3) is 0 Å². The first-order valence-electron chi connectivity index (χ1n) is 5.60. The second kappa shape index (κ2) is 6.38. The maximum Gasteiger partial charge on any atom is 0.302 e. The molecule has 0 fully saturated rings. The van der Waals surface area contributed by atoms with Crippen molar-refractivity contribution in [2.45, 2.75) is 6.10 Å². The summed E-state index contributed by atoms with van der Waals surface area (Å²) in [5.41, 5.74) is 0.973.